The lowest BCUT2D eigenvalue weighted by atomic mass is 10.1. The molecule has 0 spiro atoms. The standard InChI is InChI=1S/C14H13BrN6OS/c1-9-11(16-14(15)23-9)8-22-18-12(10-6-4-3-5-7-10)13-17-19-20-21(13)2/h3-7H,8H2,1-2H3/b18-12+. The minimum Gasteiger partial charge on any atom is -0.389 e. The van der Waals surface area contributed by atoms with Crippen LogP contribution >= 0.6 is 27.3 Å². The number of hydrogen-bond donors (Lipinski definition) is 0. The zero-order chi connectivity index (χ0) is 16.2. The number of aromatic nitrogens is 5. The Morgan fingerprint density at radius 3 is 2.74 bits per heavy atom. The maximum absolute atomic E-state index is 5.51. The summed E-state index contributed by atoms with van der Waals surface area (Å²) in [6, 6.07) is 9.66. The van der Waals surface area contributed by atoms with E-state index in [2.05, 4.69) is 41.6 Å². The van der Waals surface area contributed by atoms with Gasteiger partial charge in [-0.05, 0) is 33.3 Å². The van der Waals surface area contributed by atoms with E-state index in [0.29, 0.717) is 11.5 Å². The van der Waals surface area contributed by atoms with Gasteiger partial charge < -0.3 is 4.84 Å². The van der Waals surface area contributed by atoms with Crippen LogP contribution in [-0.4, -0.2) is 30.9 Å². The summed E-state index contributed by atoms with van der Waals surface area (Å²) in [6.07, 6.45) is 0. The Bertz CT molecular complexity index is 829. The minimum atomic E-state index is 0.287. The van der Waals surface area contributed by atoms with Crippen LogP contribution in [0.5, 0.6) is 0 Å². The topological polar surface area (TPSA) is 78.1 Å². The Labute approximate surface area is 145 Å². The zero-order valence-corrected chi connectivity index (χ0v) is 14.9. The predicted octanol–water partition coefficient (Wildman–Crippen LogP) is 2.71. The van der Waals surface area contributed by atoms with Crippen LogP contribution in [0.1, 0.15) is 22.0 Å². The summed E-state index contributed by atoms with van der Waals surface area (Å²) in [6.45, 7) is 2.28. The van der Waals surface area contributed by atoms with Crippen LogP contribution < -0.4 is 0 Å². The van der Waals surface area contributed by atoms with Gasteiger partial charge in [0.1, 0.15) is 0 Å². The molecule has 7 nitrogen and oxygen atoms in total. The summed E-state index contributed by atoms with van der Waals surface area (Å²) in [5.41, 5.74) is 2.31. The lowest BCUT2D eigenvalue weighted by Crippen LogP contribution is -2.12. The summed E-state index contributed by atoms with van der Waals surface area (Å²) in [5.74, 6) is 0.535. The van der Waals surface area contributed by atoms with Crippen LogP contribution in [0, 0.1) is 6.92 Å². The maximum atomic E-state index is 5.51. The maximum Gasteiger partial charge on any atom is 0.204 e. The highest BCUT2D eigenvalue weighted by molar-refractivity contribution is 9.11. The fourth-order valence-corrected chi connectivity index (χ4v) is 3.51. The Kier molecular flexibility index (Phi) is 4.77. The van der Waals surface area contributed by atoms with Crippen molar-refractivity contribution in [2.45, 2.75) is 13.5 Å². The van der Waals surface area contributed by atoms with E-state index < -0.39 is 0 Å². The Morgan fingerprint density at radius 2 is 2.13 bits per heavy atom. The molecule has 0 unspecified atom stereocenters. The quantitative estimate of drug-likeness (QED) is 0.492. The minimum absolute atomic E-state index is 0.287. The van der Waals surface area contributed by atoms with Crippen LogP contribution in [0.3, 0.4) is 0 Å². The summed E-state index contributed by atoms with van der Waals surface area (Å²) in [5, 5.41) is 15.8. The third-order valence-corrected chi connectivity index (χ3v) is 4.57. The van der Waals surface area contributed by atoms with Gasteiger partial charge in [-0.25, -0.2) is 9.67 Å². The van der Waals surface area contributed by atoms with Crippen molar-refractivity contribution in [2.75, 3.05) is 0 Å². The van der Waals surface area contributed by atoms with Crippen molar-refractivity contribution in [3.05, 3.63) is 56.2 Å². The molecule has 0 aliphatic heterocycles. The van der Waals surface area contributed by atoms with Crippen molar-refractivity contribution >= 4 is 33.0 Å². The molecule has 0 amide bonds. The van der Waals surface area contributed by atoms with Gasteiger partial charge in [-0.1, -0.05) is 35.5 Å². The van der Waals surface area contributed by atoms with Gasteiger partial charge in [-0.3, -0.25) is 0 Å². The summed E-state index contributed by atoms with van der Waals surface area (Å²) < 4.78 is 2.39. The monoisotopic (exact) mass is 392 g/mol. The van der Waals surface area contributed by atoms with Crippen molar-refractivity contribution in [3.8, 4) is 0 Å². The third kappa shape index (κ3) is 3.62. The average molecular weight is 393 g/mol. The number of benzene rings is 1. The van der Waals surface area contributed by atoms with Gasteiger partial charge in [-0.2, -0.15) is 0 Å². The first kappa shape index (κ1) is 15.8. The molecular formula is C14H13BrN6OS. The molecule has 0 saturated carbocycles. The summed E-state index contributed by atoms with van der Waals surface area (Å²) >= 11 is 4.93. The normalized spacial score (nSPS) is 11.7. The molecule has 0 bridgehead atoms. The highest BCUT2D eigenvalue weighted by atomic mass is 79.9. The van der Waals surface area contributed by atoms with Crippen LogP contribution in [0.15, 0.2) is 39.4 Å². The van der Waals surface area contributed by atoms with Crippen LogP contribution in [0.25, 0.3) is 0 Å². The third-order valence-electron chi connectivity index (χ3n) is 3.10. The van der Waals surface area contributed by atoms with E-state index in [1.165, 1.54) is 0 Å². The molecular weight excluding hydrogens is 380 g/mol. The van der Waals surface area contributed by atoms with Gasteiger partial charge in [-0.15, -0.1) is 16.4 Å². The molecule has 3 rings (SSSR count). The molecule has 118 valence electrons. The van der Waals surface area contributed by atoms with Crippen molar-refractivity contribution in [2.24, 2.45) is 12.2 Å². The van der Waals surface area contributed by atoms with Gasteiger partial charge in [0.15, 0.2) is 16.2 Å². The van der Waals surface area contributed by atoms with E-state index in [0.717, 1.165) is 20.1 Å². The lowest BCUT2D eigenvalue weighted by molar-refractivity contribution is 0.128. The molecule has 3 aromatic rings. The highest BCUT2D eigenvalue weighted by Gasteiger charge is 2.15. The first-order valence-corrected chi connectivity index (χ1v) is 8.36. The van der Waals surface area contributed by atoms with E-state index in [-0.39, 0.29) is 6.61 Å². The van der Waals surface area contributed by atoms with Crippen LogP contribution in [0.4, 0.5) is 0 Å². The molecule has 0 fully saturated rings. The molecule has 1 aromatic carbocycles. The molecule has 9 heteroatoms. The van der Waals surface area contributed by atoms with E-state index in [4.69, 9.17) is 4.84 Å². The Morgan fingerprint density at radius 1 is 1.35 bits per heavy atom. The van der Waals surface area contributed by atoms with Crippen LogP contribution in [0.2, 0.25) is 0 Å². The van der Waals surface area contributed by atoms with Gasteiger partial charge in [0.2, 0.25) is 5.82 Å². The molecule has 0 atom stereocenters. The van der Waals surface area contributed by atoms with E-state index >= 15 is 0 Å². The van der Waals surface area contributed by atoms with Gasteiger partial charge in [0.05, 0.1) is 5.69 Å². The number of aryl methyl sites for hydroxylation is 2. The fourth-order valence-electron chi connectivity index (χ4n) is 1.93. The molecule has 2 aromatic heterocycles. The largest absolute Gasteiger partial charge is 0.389 e. The second kappa shape index (κ2) is 6.97. The van der Waals surface area contributed by atoms with E-state index in [9.17, 15) is 0 Å². The summed E-state index contributed by atoms with van der Waals surface area (Å²) in [4.78, 5) is 11.0. The van der Waals surface area contributed by atoms with E-state index in [1.54, 1.807) is 23.1 Å². The molecule has 23 heavy (non-hydrogen) atoms. The molecule has 0 radical (unpaired) electrons. The first-order chi connectivity index (χ1) is 11.1. The number of rotatable bonds is 5. The number of nitrogens with zero attached hydrogens (tertiary/aromatic N) is 6. The van der Waals surface area contributed by atoms with Crippen LogP contribution in [-0.2, 0) is 18.5 Å². The smallest absolute Gasteiger partial charge is 0.204 e. The molecule has 0 N–H and O–H groups in total. The Hall–Kier alpha value is -2.13. The number of oxime groups is 1. The predicted molar refractivity (Wildman–Crippen MR) is 90.2 cm³/mol. The van der Waals surface area contributed by atoms with Crippen molar-refractivity contribution in [3.63, 3.8) is 0 Å². The SMILES string of the molecule is Cc1sc(Br)nc1CO/N=C(\c1ccccc1)c1nnnn1C. The molecule has 0 aliphatic carbocycles. The molecule has 2 heterocycles. The molecule has 0 aliphatic rings. The number of hydrogen-bond acceptors (Lipinski definition) is 7. The lowest BCUT2D eigenvalue weighted by Gasteiger charge is -2.05. The fraction of sp³-hybridized carbons (Fsp3) is 0.214. The van der Waals surface area contributed by atoms with Gasteiger partial charge in [0, 0.05) is 17.5 Å². The second-order valence-corrected chi connectivity index (χ2v) is 7.15. The number of thiazole rings is 1. The average Bonchev–Trinajstić information content (AvgIpc) is 3.10. The second-order valence-electron chi connectivity index (χ2n) is 4.68. The van der Waals surface area contributed by atoms with Gasteiger partial charge >= 0.3 is 0 Å². The molecule has 0 saturated heterocycles. The number of halogens is 1. The van der Waals surface area contributed by atoms with Gasteiger partial charge in [0.25, 0.3) is 0 Å². The van der Waals surface area contributed by atoms with Crippen molar-refractivity contribution in [1.29, 1.82) is 0 Å². The van der Waals surface area contributed by atoms with Crippen molar-refractivity contribution < 1.29 is 4.84 Å². The zero-order valence-electron chi connectivity index (χ0n) is 12.5. The first-order valence-electron chi connectivity index (χ1n) is 6.75. The van der Waals surface area contributed by atoms with Crippen molar-refractivity contribution in [1.82, 2.24) is 25.2 Å². The Balaban J connectivity index is 1.87. The summed E-state index contributed by atoms with van der Waals surface area (Å²) in [7, 11) is 1.76. The van der Waals surface area contributed by atoms with E-state index in [1.807, 2.05) is 37.3 Å². The highest BCUT2D eigenvalue weighted by Crippen LogP contribution is 2.22. The number of tetrazole rings is 1.